The number of allylic oxidation sites excluding steroid dienone is 2. The molecule has 1 amide bonds. The fourth-order valence-electron chi connectivity index (χ4n) is 3.21. The monoisotopic (exact) mass is 413 g/mol. The van der Waals surface area contributed by atoms with Crippen molar-refractivity contribution in [1.29, 1.82) is 0 Å². The highest BCUT2D eigenvalue weighted by atomic mass is 16.5. The lowest BCUT2D eigenvalue weighted by atomic mass is 9.88. The van der Waals surface area contributed by atoms with E-state index in [4.69, 9.17) is 14.2 Å². The van der Waals surface area contributed by atoms with Gasteiger partial charge in [0.1, 0.15) is 5.75 Å². The Bertz CT molecular complexity index is 999. The van der Waals surface area contributed by atoms with Crippen molar-refractivity contribution in [2.24, 2.45) is 0 Å². The van der Waals surface area contributed by atoms with Crippen LogP contribution in [0.1, 0.15) is 42.6 Å². The molecule has 8 nitrogen and oxygen atoms in total. The molecule has 0 atom stereocenters. The molecular formula is C22H23NO7. The number of hydrogen-bond acceptors (Lipinski definition) is 7. The van der Waals surface area contributed by atoms with Gasteiger partial charge in [-0.25, -0.2) is 0 Å². The molecule has 30 heavy (non-hydrogen) atoms. The van der Waals surface area contributed by atoms with E-state index in [0.29, 0.717) is 5.56 Å². The summed E-state index contributed by atoms with van der Waals surface area (Å²) in [4.78, 5) is 49.4. The van der Waals surface area contributed by atoms with Crippen LogP contribution in [0, 0.1) is 0 Å². The van der Waals surface area contributed by atoms with Gasteiger partial charge in [-0.05, 0) is 37.5 Å². The summed E-state index contributed by atoms with van der Waals surface area (Å²) in [7, 11) is 2.60. The molecule has 0 unspecified atom stereocenters. The largest absolute Gasteiger partial charge is 0.489 e. The number of esters is 1. The Kier molecular flexibility index (Phi) is 6.05. The Morgan fingerprint density at radius 2 is 1.70 bits per heavy atom. The molecule has 1 aromatic carbocycles. The van der Waals surface area contributed by atoms with Crippen LogP contribution in [-0.2, 0) is 30.3 Å². The molecule has 0 radical (unpaired) electrons. The third-order valence-electron chi connectivity index (χ3n) is 4.93. The number of benzene rings is 1. The normalized spacial score (nSPS) is 16.5. The van der Waals surface area contributed by atoms with E-state index in [2.05, 4.69) is 5.32 Å². The van der Waals surface area contributed by atoms with Crippen LogP contribution in [0.4, 0.5) is 0 Å². The highest BCUT2D eigenvalue weighted by Crippen LogP contribution is 2.30. The van der Waals surface area contributed by atoms with Crippen molar-refractivity contribution in [2.75, 3.05) is 14.2 Å². The third-order valence-corrected chi connectivity index (χ3v) is 4.93. The van der Waals surface area contributed by atoms with Gasteiger partial charge >= 0.3 is 5.97 Å². The second kappa shape index (κ2) is 8.52. The number of carbonyl (C=O) groups is 4. The van der Waals surface area contributed by atoms with Crippen molar-refractivity contribution < 1.29 is 33.4 Å². The van der Waals surface area contributed by atoms with Crippen molar-refractivity contribution in [2.45, 2.75) is 39.2 Å². The van der Waals surface area contributed by atoms with E-state index >= 15 is 0 Å². The summed E-state index contributed by atoms with van der Waals surface area (Å²) in [5.41, 5.74) is 1.32. The van der Waals surface area contributed by atoms with E-state index in [0.717, 1.165) is 12.8 Å². The summed E-state index contributed by atoms with van der Waals surface area (Å²) >= 11 is 0. The van der Waals surface area contributed by atoms with E-state index in [9.17, 15) is 19.2 Å². The third kappa shape index (κ3) is 4.27. The topological polar surface area (TPSA) is 108 Å². The molecule has 1 fully saturated rings. The summed E-state index contributed by atoms with van der Waals surface area (Å²) in [5.74, 6) is -1.90. The molecule has 1 aromatic rings. The quantitative estimate of drug-likeness (QED) is 0.414. The van der Waals surface area contributed by atoms with Crippen molar-refractivity contribution in [3.05, 3.63) is 52.0 Å². The lowest BCUT2D eigenvalue weighted by Crippen LogP contribution is -2.27. The molecule has 158 valence electrons. The fourth-order valence-corrected chi connectivity index (χ4v) is 3.21. The van der Waals surface area contributed by atoms with E-state index in [1.807, 2.05) is 0 Å². The Morgan fingerprint density at radius 3 is 2.27 bits per heavy atom. The molecule has 0 aliphatic heterocycles. The zero-order valence-corrected chi connectivity index (χ0v) is 17.3. The van der Waals surface area contributed by atoms with Crippen LogP contribution in [-0.4, -0.2) is 43.7 Å². The number of hydrogen-bond donors (Lipinski definition) is 1. The van der Waals surface area contributed by atoms with Crippen LogP contribution in [0.5, 0.6) is 5.75 Å². The summed E-state index contributed by atoms with van der Waals surface area (Å²) < 4.78 is 15.3. The maximum absolute atomic E-state index is 12.8. The average Bonchev–Trinajstić information content (AvgIpc) is 3.52. The van der Waals surface area contributed by atoms with Gasteiger partial charge in [0.25, 0.3) is 5.91 Å². The highest BCUT2D eigenvalue weighted by Gasteiger charge is 2.35. The number of amides is 1. The molecule has 1 saturated carbocycles. The van der Waals surface area contributed by atoms with Crippen LogP contribution in [0.25, 0.3) is 0 Å². The predicted molar refractivity (Wildman–Crippen MR) is 106 cm³/mol. The lowest BCUT2D eigenvalue weighted by molar-refractivity contribution is -0.131. The van der Waals surface area contributed by atoms with Crippen molar-refractivity contribution >= 4 is 23.4 Å². The Morgan fingerprint density at radius 1 is 1.07 bits per heavy atom. The number of methoxy groups -OCH3 is 2. The van der Waals surface area contributed by atoms with Gasteiger partial charge in [-0.3, -0.25) is 19.2 Å². The molecule has 2 aliphatic carbocycles. The first-order valence-electron chi connectivity index (χ1n) is 9.50. The van der Waals surface area contributed by atoms with Gasteiger partial charge < -0.3 is 19.5 Å². The number of ether oxygens (including phenoxy) is 3. The van der Waals surface area contributed by atoms with Crippen molar-refractivity contribution in [3.63, 3.8) is 0 Å². The molecule has 0 bridgehead atoms. The first-order valence-corrected chi connectivity index (χ1v) is 9.50. The second-order valence-electron chi connectivity index (χ2n) is 7.18. The van der Waals surface area contributed by atoms with Crippen LogP contribution in [0.3, 0.4) is 0 Å². The van der Waals surface area contributed by atoms with E-state index < -0.39 is 17.5 Å². The maximum atomic E-state index is 12.8. The molecule has 0 saturated heterocycles. The summed E-state index contributed by atoms with van der Waals surface area (Å²) in [6.07, 6.45) is 1.92. The minimum absolute atomic E-state index is 0.102. The second-order valence-corrected chi connectivity index (χ2v) is 7.18. The molecule has 0 aromatic heterocycles. The first kappa shape index (κ1) is 21.3. The van der Waals surface area contributed by atoms with Gasteiger partial charge in [0.2, 0.25) is 23.1 Å². The van der Waals surface area contributed by atoms with Gasteiger partial charge in [0.15, 0.2) is 0 Å². The van der Waals surface area contributed by atoms with Crippen LogP contribution in [0.2, 0.25) is 0 Å². The molecule has 1 N–H and O–H groups in total. The zero-order chi connectivity index (χ0) is 22.0. The minimum Gasteiger partial charge on any atom is -0.489 e. The van der Waals surface area contributed by atoms with Gasteiger partial charge in [0.05, 0.1) is 19.8 Å². The predicted octanol–water partition coefficient (Wildman–Crippen LogP) is 2.02. The number of carbonyl (C=O) groups excluding carboxylic acids is 4. The van der Waals surface area contributed by atoms with E-state index in [1.54, 1.807) is 19.1 Å². The maximum Gasteiger partial charge on any atom is 0.308 e. The summed E-state index contributed by atoms with van der Waals surface area (Å²) in [6.45, 7) is 2.80. The first-order chi connectivity index (χ1) is 14.3. The number of rotatable bonds is 7. The zero-order valence-electron chi connectivity index (χ0n) is 17.3. The number of Topliss-reactive ketones (excluding diaryl/α,β-unsaturated/α-hetero) is 2. The smallest absolute Gasteiger partial charge is 0.308 e. The number of nitrogens with one attached hydrogen (secondary N) is 1. The molecular weight excluding hydrogens is 390 g/mol. The molecule has 8 heteroatoms. The fraction of sp³-hybridized carbons (Fsp3) is 0.364. The minimum atomic E-state index is -0.545. The van der Waals surface area contributed by atoms with Crippen LogP contribution < -0.4 is 10.1 Å². The standard InChI is InChI=1S/C22H23NO7/c1-11-15(19(26)21(29-4)20(28-3)18(11)25)9-13-5-8-17(30-12(2)24)16(10-13)22(27)23-14-6-7-14/h5,8,10,14H,6-7,9H2,1-4H3,(H,23,27). The SMILES string of the molecule is COC1=C(OC)C(=O)C(Cc2ccc(OC(C)=O)c(C(=O)NC3CC3)c2)=C(C)C1=O. The Labute approximate surface area is 173 Å². The highest BCUT2D eigenvalue weighted by molar-refractivity contribution is 6.23. The molecule has 0 heterocycles. The van der Waals surface area contributed by atoms with Gasteiger partial charge in [-0.15, -0.1) is 0 Å². The lowest BCUT2D eigenvalue weighted by Gasteiger charge is -2.20. The van der Waals surface area contributed by atoms with Crippen LogP contribution >= 0.6 is 0 Å². The molecule has 0 spiro atoms. The molecule has 2 aliphatic rings. The summed E-state index contributed by atoms with van der Waals surface area (Å²) in [6, 6.07) is 4.84. The van der Waals surface area contributed by atoms with Gasteiger partial charge in [-0.1, -0.05) is 6.07 Å². The number of ketones is 2. The van der Waals surface area contributed by atoms with Crippen LogP contribution in [0.15, 0.2) is 40.9 Å². The Balaban J connectivity index is 1.95. The van der Waals surface area contributed by atoms with Crippen molar-refractivity contribution in [3.8, 4) is 5.75 Å². The average molecular weight is 413 g/mol. The molecule has 3 rings (SSSR count). The van der Waals surface area contributed by atoms with E-state index in [-0.39, 0.29) is 52.3 Å². The van der Waals surface area contributed by atoms with E-state index in [1.165, 1.54) is 27.2 Å². The summed E-state index contributed by atoms with van der Waals surface area (Å²) in [5, 5.41) is 2.86. The van der Waals surface area contributed by atoms with Gasteiger partial charge in [-0.2, -0.15) is 0 Å². The Hall–Kier alpha value is -3.42. The van der Waals surface area contributed by atoms with Gasteiger partial charge in [0, 0.05) is 30.5 Å². The van der Waals surface area contributed by atoms with Crippen molar-refractivity contribution in [1.82, 2.24) is 5.32 Å².